The summed E-state index contributed by atoms with van der Waals surface area (Å²) in [4.78, 5) is 8.85. The third kappa shape index (κ3) is 5.02. The van der Waals surface area contributed by atoms with Gasteiger partial charge in [0, 0.05) is 23.6 Å². The average Bonchev–Trinajstić information content (AvgIpc) is 2.61. The van der Waals surface area contributed by atoms with E-state index >= 15 is 0 Å². The molecule has 134 valence electrons. The van der Waals surface area contributed by atoms with Gasteiger partial charge in [-0.25, -0.2) is 13.8 Å². The van der Waals surface area contributed by atoms with Crippen LogP contribution in [0.3, 0.4) is 0 Å². The van der Waals surface area contributed by atoms with E-state index in [1.807, 2.05) is 38.1 Å². The second-order valence-electron chi connectivity index (χ2n) is 5.82. The Balaban J connectivity index is 1.77. The van der Waals surface area contributed by atoms with Crippen LogP contribution in [0.1, 0.15) is 23.7 Å². The van der Waals surface area contributed by atoms with Gasteiger partial charge in [-0.3, -0.25) is 0 Å². The second-order valence-corrected chi connectivity index (χ2v) is 6.76. The molecule has 0 bridgehead atoms. The Bertz CT molecular complexity index is 881. The smallest absolute Gasteiger partial charge is 0.223 e. The van der Waals surface area contributed by atoms with Crippen molar-refractivity contribution in [3.05, 3.63) is 77.0 Å². The first-order chi connectivity index (χ1) is 12.5. The van der Waals surface area contributed by atoms with E-state index in [0.717, 1.165) is 23.7 Å². The summed E-state index contributed by atoms with van der Waals surface area (Å²) in [6.07, 6.45) is 0.731. The minimum atomic E-state index is -0.591. The van der Waals surface area contributed by atoms with E-state index in [1.165, 1.54) is 23.9 Å². The van der Waals surface area contributed by atoms with Crippen LogP contribution in [0.15, 0.2) is 53.7 Å². The number of ether oxygens (including phenoxy) is 1. The molecule has 0 aliphatic rings. The van der Waals surface area contributed by atoms with Gasteiger partial charge >= 0.3 is 0 Å². The van der Waals surface area contributed by atoms with Gasteiger partial charge in [0.15, 0.2) is 5.16 Å². The second kappa shape index (κ2) is 8.27. The summed E-state index contributed by atoms with van der Waals surface area (Å²) in [5.41, 5.74) is 2.53. The predicted molar refractivity (Wildman–Crippen MR) is 98.6 cm³/mol. The Morgan fingerprint density at radius 3 is 2.31 bits per heavy atom. The number of hydrogen-bond acceptors (Lipinski definition) is 4. The van der Waals surface area contributed by atoms with Crippen LogP contribution in [-0.2, 0) is 12.2 Å². The first-order valence-electron chi connectivity index (χ1n) is 8.22. The molecule has 0 unspecified atom stereocenters. The lowest BCUT2D eigenvalue weighted by molar-refractivity contribution is 0.454. The monoisotopic (exact) mass is 372 g/mol. The molecular weight excluding hydrogens is 354 g/mol. The number of thioether (sulfide) groups is 1. The summed E-state index contributed by atoms with van der Waals surface area (Å²) in [6, 6.07) is 13.0. The summed E-state index contributed by atoms with van der Waals surface area (Å²) in [6.45, 7) is 4.00. The molecule has 0 saturated carbocycles. The van der Waals surface area contributed by atoms with Crippen LogP contribution in [0.5, 0.6) is 11.6 Å². The number of benzene rings is 2. The number of aryl methyl sites for hydroxylation is 2. The van der Waals surface area contributed by atoms with Crippen LogP contribution in [0.25, 0.3) is 0 Å². The number of hydrogen-bond donors (Lipinski definition) is 0. The molecule has 0 aliphatic carbocycles. The van der Waals surface area contributed by atoms with Crippen molar-refractivity contribution in [1.82, 2.24) is 9.97 Å². The zero-order valence-corrected chi connectivity index (χ0v) is 15.3. The summed E-state index contributed by atoms with van der Waals surface area (Å²) >= 11 is 1.31. The molecule has 0 amide bonds. The van der Waals surface area contributed by atoms with E-state index in [-0.39, 0.29) is 0 Å². The van der Waals surface area contributed by atoms with Gasteiger partial charge in [-0.1, -0.05) is 36.4 Å². The highest BCUT2D eigenvalue weighted by Crippen LogP contribution is 2.26. The zero-order valence-electron chi connectivity index (χ0n) is 14.5. The molecule has 3 rings (SSSR count). The molecule has 0 atom stereocenters. The molecule has 3 aromatic rings. The van der Waals surface area contributed by atoms with Crippen LogP contribution in [0.2, 0.25) is 0 Å². The average molecular weight is 372 g/mol. The number of aromatic nitrogens is 2. The molecule has 2 aromatic carbocycles. The maximum Gasteiger partial charge on any atom is 0.223 e. The minimum absolute atomic E-state index is 0.367. The number of rotatable bonds is 6. The molecule has 1 aromatic heterocycles. The normalized spacial score (nSPS) is 10.8. The van der Waals surface area contributed by atoms with Gasteiger partial charge in [-0.15, -0.1) is 0 Å². The van der Waals surface area contributed by atoms with Crippen molar-refractivity contribution in [2.75, 3.05) is 0 Å². The van der Waals surface area contributed by atoms with Crippen molar-refractivity contribution >= 4 is 11.8 Å². The first-order valence-corrected chi connectivity index (χ1v) is 9.20. The highest BCUT2D eigenvalue weighted by atomic mass is 32.2. The van der Waals surface area contributed by atoms with Crippen molar-refractivity contribution in [2.24, 2.45) is 0 Å². The van der Waals surface area contributed by atoms with Crippen molar-refractivity contribution in [3.63, 3.8) is 0 Å². The highest BCUT2D eigenvalue weighted by Gasteiger charge is 2.08. The van der Waals surface area contributed by atoms with Crippen molar-refractivity contribution in [1.29, 1.82) is 0 Å². The standard InChI is InChI=1S/C20H18F2N2OS/c1-3-17-11-19(25-18-6-4-13(2)5-7-18)24-20(23-17)26-12-14-8-15(21)10-16(22)9-14/h4-11H,3,12H2,1-2H3. The summed E-state index contributed by atoms with van der Waals surface area (Å²) in [5.74, 6) is 0.332. The van der Waals surface area contributed by atoms with E-state index in [9.17, 15) is 8.78 Å². The maximum atomic E-state index is 13.3. The lowest BCUT2D eigenvalue weighted by Crippen LogP contribution is -1.97. The summed E-state index contributed by atoms with van der Waals surface area (Å²) in [7, 11) is 0. The maximum absolute atomic E-state index is 13.3. The highest BCUT2D eigenvalue weighted by molar-refractivity contribution is 7.98. The molecule has 0 N–H and O–H groups in total. The Hall–Kier alpha value is -2.47. The molecular formula is C20H18F2N2OS. The van der Waals surface area contributed by atoms with E-state index < -0.39 is 11.6 Å². The van der Waals surface area contributed by atoms with Gasteiger partial charge in [0.05, 0.1) is 0 Å². The van der Waals surface area contributed by atoms with Crippen LogP contribution < -0.4 is 4.74 Å². The van der Waals surface area contributed by atoms with Crippen LogP contribution in [0, 0.1) is 18.6 Å². The largest absolute Gasteiger partial charge is 0.439 e. The van der Waals surface area contributed by atoms with Gasteiger partial charge in [-0.2, -0.15) is 4.98 Å². The van der Waals surface area contributed by atoms with Crippen LogP contribution in [-0.4, -0.2) is 9.97 Å². The molecule has 6 heteroatoms. The quantitative estimate of drug-likeness (QED) is 0.410. The molecule has 0 radical (unpaired) electrons. The Labute approximate surface area is 155 Å². The van der Waals surface area contributed by atoms with E-state index in [1.54, 1.807) is 6.07 Å². The molecule has 1 heterocycles. The fraction of sp³-hybridized carbons (Fsp3) is 0.200. The molecule has 0 aliphatic heterocycles. The zero-order chi connectivity index (χ0) is 18.5. The Kier molecular flexibility index (Phi) is 5.83. The fourth-order valence-corrected chi connectivity index (χ4v) is 3.12. The van der Waals surface area contributed by atoms with Gasteiger partial charge in [0.1, 0.15) is 17.4 Å². The van der Waals surface area contributed by atoms with E-state index in [2.05, 4.69) is 9.97 Å². The van der Waals surface area contributed by atoms with Gasteiger partial charge < -0.3 is 4.74 Å². The number of halogens is 2. The van der Waals surface area contributed by atoms with E-state index in [0.29, 0.717) is 28.1 Å². The van der Waals surface area contributed by atoms with Crippen molar-refractivity contribution in [3.8, 4) is 11.6 Å². The SMILES string of the molecule is CCc1cc(Oc2ccc(C)cc2)nc(SCc2cc(F)cc(F)c2)n1. The van der Waals surface area contributed by atoms with Crippen LogP contribution >= 0.6 is 11.8 Å². The Morgan fingerprint density at radius 2 is 1.65 bits per heavy atom. The topological polar surface area (TPSA) is 35.0 Å². The minimum Gasteiger partial charge on any atom is -0.439 e. The molecule has 0 spiro atoms. The van der Waals surface area contributed by atoms with Crippen molar-refractivity contribution in [2.45, 2.75) is 31.2 Å². The third-order valence-corrected chi connectivity index (χ3v) is 4.55. The Morgan fingerprint density at radius 1 is 0.962 bits per heavy atom. The van der Waals surface area contributed by atoms with Gasteiger partial charge in [0.25, 0.3) is 0 Å². The fourth-order valence-electron chi connectivity index (χ4n) is 2.32. The van der Waals surface area contributed by atoms with E-state index in [4.69, 9.17) is 4.74 Å². The predicted octanol–water partition coefficient (Wildman–Crippen LogP) is 5.71. The summed E-state index contributed by atoms with van der Waals surface area (Å²) < 4.78 is 32.4. The van der Waals surface area contributed by atoms with Crippen LogP contribution in [0.4, 0.5) is 8.78 Å². The van der Waals surface area contributed by atoms with Gasteiger partial charge in [-0.05, 0) is 43.2 Å². The lowest BCUT2D eigenvalue weighted by Gasteiger charge is -2.09. The molecule has 26 heavy (non-hydrogen) atoms. The van der Waals surface area contributed by atoms with Gasteiger partial charge in [0.2, 0.25) is 5.88 Å². The van der Waals surface area contributed by atoms with Crippen molar-refractivity contribution < 1.29 is 13.5 Å². The molecule has 3 nitrogen and oxygen atoms in total. The first kappa shape index (κ1) is 18.3. The third-order valence-electron chi connectivity index (χ3n) is 3.63. The molecule has 0 saturated heterocycles. The molecule has 0 fully saturated rings. The lowest BCUT2D eigenvalue weighted by atomic mass is 10.2. The number of nitrogens with zero attached hydrogens (tertiary/aromatic N) is 2. The summed E-state index contributed by atoms with van der Waals surface area (Å²) in [5, 5.41) is 0.510.